The highest BCUT2D eigenvalue weighted by Gasteiger charge is 2.06. The molecule has 0 unspecified atom stereocenters. The van der Waals surface area contributed by atoms with Crippen LogP contribution in [0.4, 0.5) is 10.1 Å². The van der Waals surface area contributed by atoms with Crippen molar-refractivity contribution in [3.8, 4) is 0 Å². The smallest absolute Gasteiger partial charge is 0.269 e. The standard InChI is InChI=1S/C15H19FN4O/c1-11-7-13(16)4-3-12(11)10-20-15(21)8-14(9-18-20)19(2)6-5-17/h3-4,7-9H,5-6,10,17H2,1-2H3. The van der Waals surface area contributed by atoms with Gasteiger partial charge in [-0.05, 0) is 30.2 Å². The molecule has 0 aliphatic heterocycles. The molecule has 0 radical (unpaired) electrons. The summed E-state index contributed by atoms with van der Waals surface area (Å²) in [6.45, 7) is 3.30. The molecule has 0 aliphatic carbocycles. The minimum Gasteiger partial charge on any atom is -0.372 e. The quantitative estimate of drug-likeness (QED) is 0.896. The van der Waals surface area contributed by atoms with Gasteiger partial charge in [0.2, 0.25) is 0 Å². The van der Waals surface area contributed by atoms with Gasteiger partial charge in [-0.3, -0.25) is 4.79 Å². The zero-order valence-corrected chi connectivity index (χ0v) is 12.2. The van der Waals surface area contributed by atoms with Crippen molar-refractivity contribution >= 4 is 5.69 Å². The Kier molecular flexibility index (Phi) is 4.70. The number of halogens is 1. The fourth-order valence-corrected chi connectivity index (χ4v) is 2.07. The predicted octanol–water partition coefficient (Wildman–Crippen LogP) is 1.13. The van der Waals surface area contributed by atoms with Crippen LogP contribution in [0.2, 0.25) is 0 Å². The number of aryl methyl sites for hydroxylation is 1. The van der Waals surface area contributed by atoms with Gasteiger partial charge in [-0.25, -0.2) is 9.07 Å². The number of rotatable bonds is 5. The Morgan fingerprint density at radius 2 is 2.14 bits per heavy atom. The summed E-state index contributed by atoms with van der Waals surface area (Å²) in [4.78, 5) is 14.0. The van der Waals surface area contributed by atoms with E-state index in [4.69, 9.17) is 5.73 Å². The minimum absolute atomic E-state index is 0.194. The van der Waals surface area contributed by atoms with Gasteiger partial charge in [0.15, 0.2) is 0 Å². The van der Waals surface area contributed by atoms with Gasteiger partial charge in [0.1, 0.15) is 5.82 Å². The first-order valence-electron chi connectivity index (χ1n) is 6.74. The molecule has 0 aliphatic rings. The number of aromatic nitrogens is 2. The second kappa shape index (κ2) is 6.49. The maximum Gasteiger partial charge on any atom is 0.269 e. The van der Waals surface area contributed by atoms with Crippen LogP contribution in [0.3, 0.4) is 0 Å². The highest BCUT2D eigenvalue weighted by Crippen LogP contribution is 2.11. The van der Waals surface area contributed by atoms with Crippen LogP contribution in [0, 0.1) is 12.7 Å². The maximum absolute atomic E-state index is 13.1. The summed E-state index contributed by atoms with van der Waals surface area (Å²) in [5.41, 5.74) is 7.70. The van der Waals surface area contributed by atoms with E-state index < -0.39 is 0 Å². The van der Waals surface area contributed by atoms with Gasteiger partial charge in [-0.15, -0.1) is 0 Å². The van der Waals surface area contributed by atoms with Crippen molar-refractivity contribution in [2.45, 2.75) is 13.5 Å². The fourth-order valence-electron chi connectivity index (χ4n) is 2.07. The third-order valence-corrected chi connectivity index (χ3v) is 3.39. The van der Waals surface area contributed by atoms with E-state index in [1.165, 1.54) is 22.9 Å². The largest absolute Gasteiger partial charge is 0.372 e. The second-order valence-corrected chi connectivity index (χ2v) is 4.99. The van der Waals surface area contributed by atoms with E-state index in [1.54, 1.807) is 12.3 Å². The molecule has 0 amide bonds. The maximum atomic E-state index is 13.1. The van der Waals surface area contributed by atoms with Gasteiger partial charge >= 0.3 is 0 Å². The van der Waals surface area contributed by atoms with Crippen molar-refractivity contribution in [3.63, 3.8) is 0 Å². The Morgan fingerprint density at radius 1 is 1.38 bits per heavy atom. The summed E-state index contributed by atoms with van der Waals surface area (Å²) in [7, 11) is 1.86. The molecule has 0 spiro atoms. The number of hydrogen-bond donors (Lipinski definition) is 1. The molecule has 1 aromatic heterocycles. The van der Waals surface area contributed by atoms with Crippen molar-refractivity contribution in [2.75, 3.05) is 25.0 Å². The summed E-state index contributed by atoms with van der Waals surface area (Å²) in [6.07, 6.45) is 1.63. The summed E-state index contributed by atoms with van der Waals surface area (Å²) in [6, 6.07) is 6.04. The number of likely N-dealkylation sites (N-methyl/N-ethyl adjacent to an activating group) is 1. The van der Waals surface area contributed by atoms with Crippen LogP contribution in [0.5, 0.6) is 0 Å². The first-order valence-corrected chi connectivity index (χ1v) is 6.74. The molecule has 2 N–H and O–H groups in total. The van der Waals surface area contributed by atoms with Gasteiger partial charge < -0.3 is 10.6 Å². The predicted molar refractivity (Wildman–Crippen MR) is 81.1 cm³/mol. The molecule has 1 heterocycles. The average Bonchev–Trinajstić information content (AvgIpc) is 2.44. The van der Waals surface area contributed by atoms with E-state index in [9.17, 15) is 9.18 Å². The normalized spacial score (nSPS) is 10.7. The molecule has 6 heteroatoms. The Morgan fingerprint density at radius 3 is 2.76 bits per heavy atom. The molecule has 0 bridgehead atoms. The van der Waals surface area contributed by atoms with E-state index in [0.717, 1.165) is 16.8 Å². The molecular weight excluding hydrogens is 271 g/mol. The molecule has 5 nitrogen and oxygen atoms in total. The lowest BCUT2D eigenvalue weighted by atomic mass is 10.1. The molecule has 1 aromatic carbocycles. The minimum atomic E-state index is -0.282. The third-order valence-electron chi connectivity index (χ3n) is 3.39. The van der Waals surface area contributed by atoms with E-state index in [0.29, 0.717) is 19.6 Å². The van der Waals surface area contributed by atoms with Crippen molar-refractivity contribution in [1.82, 2.24) is 9.78 Å². The zero-order chi connectivity index (χ0) is 15.4. The lowest BCUT2D eigenvalue weighted by Crippen LogP contribution is -2.29. The third kappa shape index (κ3) is 3.66. The zero-order valence-electron chi connectivity index (χ0n) is 12.2. The van der Waals surface area contributed by atoms with Crippen LogP contribution in [0.1, 0.15) is 11.1 Å². The number of nitrogens with two attached hydrogens (primary N) is 1. The Balaban J connectivity index is 2.23. The molecule has 0 atom stereocenters. The van der Waals surface area contributed by atoms with Gasteiger partial charge in [-0.2, -0.15) is 5.10 Å². The van der Waals surface area contributed by atoms with E-state index in [1.807, 2.05) is 18.9 Å². The first kappa shape index (κ1) is 15.2. The van der Waals surface area contributed by atoms with Crippen LogP contribution < -0.4 is 16.2 Å². The Bertz CT molecular complexity index is 684. The van der Waals surface area contributed by atoms with Crippen LogP contribution in [0.25, 0.3) is 0 Å². The first-order chi connectivity index (χ1) is 10.0. The van der Waals surface area contributed by atoms with E-state index >= 15 is 0 Å². The molecule has 0 fully saturated rings. The van der Waals surface area contributed by atoms with Gasteiger partial charge in [0.25, 0.3) is 5.56 Å². The highest BCUT2D eigenvalue weighted by atomic mass is 19.1. The van der Waals surface area contributed by atoms with Crippen LogP contribution in [-0.4, -0.2) is 29.9 Å². The molecule has 0 saturated heterocycles. The number of benzene rings is 1. The fraction of sp³-hybridized carbons (Fsp3) is 0.333. The number of hydrogen-bond acceptors (Lipinski definition) is 4. The van der Waals surface area contributed by atoms with Gasteiger partial charge in [-0.1, -0.05) is 6.07 Å². The van der Waals surface area contributed by atoms with E-state index in [2.05, 4.69) is 5.10 Å². The summed E-state index contributed by atoms with van der Waals surface area (Å²) in [5.74, 6) is -0.282. The van der Waals surface area contributed by atoms with Crippen molar-refractivity contribution in [2.24, 2.45) is 5.73 Å². The van der Waals surface area contributed by atoms with E-state index in [-0.39, 0.29) is 11.4 Å². The summed E-state index contributed by atoms with van der Waals surface area (Å²) in [5, 5.41) is 4.17. The van der Waals surface area contributed by atoms with Crippen LogP contribution >= 0.6 is 0 Å². The molecule has 112 valence electrons. The number of nitrogens with zero attached hydrogens (tertiary/aromatic N) is 3. The average molecular weight is 290 g/mol. The van der Waals surface area contributed by atoms with Crippen molar-refractivity contribution in [3.05, 3.63) is 57.8 Å². The number of anilines is 1. The SMILES string of the molecule is Cc1cc(F)ccc1Cn1ncc(N(C)CCN)cc1=O. The Hall–Kier alpha value is -2.21. The monoisotopic (exact) mass is 290 g/mol. The molecular formula is C15H19FN4O. The van der Waals surface area contributed by atoms with Crippen LogP contribution in [-0.2, 0) is 6.54 Å². The molecule has 0 saturated carbocycles. The molecule has 2 rings (SSSR count). The second-order valence-electron chi connectivity index (χ2n) is 4.99. The Labute approximate surface area is 122 Å². The molecule has 21 heavy (non-hydrogen) atoms. The molecule has 2 aromatic rings. The van der Waals surface area contributed by atoms with Crippen molar-refractivity contribution in [1.29, 1.82) is 0 Å². The lowest BCUT2D eigenvalue weighted by molar-refractivity contribution is 0.615. The van der Waals surface area contributed by atoms with Gasteiger partial charge in [0, 0.05) is 26.2 Å². The van der Waals surface area contributed by atoms with Crippen LogP contribution in [0.15, 0.2) is 35.3 Å². The van der Waals surface area contributed by atoms with Crippen molar-refractivity contribution < 1.29 is 4.39 Å². The summed E-state index contributed by atoms with van der Waals surface area (Å²) >= 11 is 0. The lowest BCUT2D eigenvalue weighted by Gasteiger charge is -2.17. The van der Waals surface area contributed by atoms with Gasteiger partial charge in [0.05, 0.1) is 18.4 Å². The highest BCUT2D eigenvalue weighted by molar-refractivity contribution is 5.41. The summed E-state index contributed by atoms with van der Waals surface area (Å²) < 4.78 is 14.4. The topological polar surface area (TPSA) is 64.2 Å².